The summed E-state index contributed by atoms with van der Waals surface area (Å²) in [6, 6.07) is 13.2. The van der Waals surface area contributed by atoms with Crippen LogP contribution in [-0.2, 0) is 11.3 Å². The summed E-state index contributed by atoms with van der Waals surface area (Å²) in [6.07, 6.45) is 0.658. The number of anilines is 1. The Morgan fingerprint density at radius 3 is 2.74 bits per heavy atom. The van der Waals surface area contributed by atoms with Gasteiger partial charge in [-0.2, -0.15) is 0 Å². The van der Waals surface area contributed by atoms with Crippen LogP contribution in [0.1, 0.15) is 22.5 Å². The highest BCUT2D eigenvalue weighted by atomic mass is 32.1. The molecule has 174 valence electrons. The number of nitrogens with zero attached hydrogens (tertiary/aromatic N) is 2. The Morgan fingerprint density at radius 1 is 1.15 bits per heavy atom. The number of amides is 1. The van der Waals surface area contributed by atoms with Crippen molar-refractivity contribution >= 4 is 34.7 Å². The van der Waals surface area contributed by atoms with Gasteiger partial charge in [-0.15, -0.1) is 0 Å². The second-order valence-corrected chi connectivity index (χ2v) is 8.15. The van der Waals surface area contributed by atoms with Crippen molar-refractivity contribution in [3.05, 3.63) is 85.3 Å². The van der Waals surface area contributed by atoms with Crippen molar-refractivity contribution in [3.8, 4) is 11.4 Å². The minimum Gasteiger partial charge on any atom is -0.385 e. The van der Waals surface area contributed by atoms with E-state index in [2.05, 4.69) is 20.3 Å². The molecule has 0 fully saturated rings. The van der Waals surface area contributed by atoms with Crippen molar-refractivity contribution in [2.75, 3.05) is 19.0 Å². The van der Waals surface area contributed by atoms with E-state index in [0.29, 0.717) is 63.6 Å². The van der Waals surface area contributed by atoms with Crippen molar-refractivity contribution in [2.45, 2.75) is 19.9 Å². The number of carbonyl (C=O) groups is 1. The van der Waals surface area contributed by atoms with E-state index in [1.54, 1.807) is 56.5 Å². The van der Waals surface area contributed by atoms with E-state index >= 15 is 0 Å². The molecule has 4 aromatic rings. The SMILES string of the molecule is COCCCn1c(=S)[nH]c2cc(C(=O)Nc3cccc(-c4nc(C)cc(=O)[nH]4)c3)ccc2c1=O. The van der Waals surface area contributed by atoms with E-state index < -0.39 is 0 Å². The smallest absolute Gasteiger partial charge is 0.262 e. The van der Waals surface area contributed by atoms with Crippen molar-refractivity contribution in [2.24, 2.45) is 0 Å². The van der Waals surface area contributed by atoms with E-state index in [0.717, 1.165) is 0 Å². The van der Waals surface area contributed by atoms with Crippen LogP contribution in [0, 0.1) is 11.7 Å². The van der Waals surface area contributed by atoms with Gasteiger partial charge >= 0.3 is 0 Å². The molecule has 2 aromatic heterocycles. The number of ether oxygens (including phenoxy) is 1. The third kappa shape index (κ3) is 5.03. The molecule has 0 aliphatic rings. The average molecular weight is 478 g/mol. The zero-order chi connectivity index (χ0) is 24.2. The normalized spacial score (nSPS) is 11.0. The molecule has 4 rings (SSSR count). The molecule has 2 heterocycles. The molecule has 9 nitrogen and oxygen atoms in total. The molecule has 0 saturated carbocycles. The lowest BCUT2D eigenvalue weighted by Crippen LogP contribution is -2.23. The Labute approximate surface area is 199 Å². The molecule has 0 aliphatic carbocycles. The molecular weight excluding hydrogens is 454 g/mol. The number of aryl methyl sites for hydroxylation is 1. The molecule has 0 radical (unpaired) electrons. The number of nitrogens with one attached hydrogen (secondary N) is 3. The van der Waals surface area contributed by atoms with E-state index in [4.69, 9.17) is 17.0 Å². The molecule has 3 N–H and O–H groups in total. The number of benzene rings is 2. The van der Waals surface area contributed by atoms with Crippen LogP contribution in [0.2, 0.25) is 0 Å². The molecule has 0 atom stereocenters. The van der Waals surface area contributed by atoms with Gasteiger partial charge in [0, 0.05) is 48.8 Å². The van der Waals surface area contributed by atoms with Gasteiger partial charge in [-0.25, -0.2) is 4.98 Å². The zero-order valence-electron chi connectivity index (χ0n) is 18.7. The Kier molecular flexibility index (Phi) is 6.80. The molecule has 0 bridgehead atoms. The van der Waals surface area contributed by atoms with Crippen molar-refractivity contribution in [1.29, 1.82) is 0 Å². The van der Waals surface area contributed by atoms with Gasteiger partial charge in [0.05, 0.1) is 10.9 Å². The standard InChI is InChI=1S/C24H23N5O4S/c1-14-11-20(30)28-21(25-14)15-5-3-6-17(12-15)26-22(31)16-7-8-18-19(13-16)27-24(34)29(23(18)32)9-4-10-33-2/h3,5-8,11-13H,4,9-10H2,1-2H3,(H,26,31)(H,27,34)(H,25,28,30). The number of methoxy groups -OCH3 is 1. The number of rotatable bonds is 7. The summed E-state index contributed by atoms with van der Waals surface area (Å²) >= 11 is 5.34. The Bertz CT molecular complexity index is 1550. The van der Waals surface area contributed by atoms with Crippen molar-refractivity contribution < 1.29 is 9.53 Å². The largest absolute Gasteiger partial charge is 0.385 e. The van der Waals surface area contributed by atoms with E-state index in [1.807, 2.05) is 0 Å². The number of aromatic nitrogens is 4. The summed E-state index contributed by atoms with van der Waals surface area (Å²) < 4.78 is 6.82. The predicted molar refractivity (Wildman–Crippen MR) is 133 cm³/mol. The van der Waals surface area contributed by atoms with Gasteiger partial charge < -0.3 is 20.0 Å². The molecule has 10 heteroatoms. The molecule has 34 heavy (non-hydrogen) atoms. The van der Waals surface area contributed by atoms with Crippen LogP contribution in [0.4, 0.5) is 5.69 Å². The van der Waals surface area contributed by atoms with Crippen LogP contribution in [0.15, 0.2) is 58.1 Å². The van der Waals surface area contributed by atoms with Gasteiger partial charge in [0.25, 0.3) is 17.0 Å². The first-order chi connectivity index (χ1) is 16.4. The fourth-order valence-corrected chi connectivity index (χ4v) is 3.91. The first-order valence-corrected chi connectivity index (χ1v) is 11.0. The summed E-state index contributed by atoms with van der Waals surface area (Å²) in [6.45, 7) is 2.71. The van der Waals surface area contributed by atoms with E-state index in [9.17, 15) is 14.4 Å². The highest BCUT2D eigenvalue weighted by Crippen LogP contribution is 2.20. The maximum atomic E-state index is 12.9. The predicted octanol–water partition coefficient (Wildman–Crippen LogP) is 3.41. The van der Waals surface area contributed by atoms with Crippen LogP contribution in [0.25, 0.3) is 22.3 Å². The lowest BCUT2D eigenvalue weighted by atomic mass is 10.1. The number of fused-ring (bicyclic) bond motifs is 1. The van der Waals surface area contributed by atoms with Crippen LogP contribution in [0.5, 0.6) is 0 Å². The third-order valence-corrected chi connectivity index (χ3v) is 5.56. The first-order valence-electron chi connectivity index (χ1n) is 10.6. The lowest BCUT2D eigenvalue weighted by Gasteiger charge is -2.10. The van der Waals surface area contributed by atoms with E-state index in [-0.39, 0.29) is 17.0 Å². The summed E-state index contributed by atoms with van der Waals surface area (Å²) in [4.78, 5) is 47.6. The maximum absolute atomic E-state index is 12.9. The topological polar surface area (TPSA) is 122 Å². The number of carbonyl (C=O) groups excluding carboxylic acids is 1. The van der Waals surface area contributed by atoms with Gasteiger partial charge in [0.15, 0.2) is 4.77 Å². The molecule has 0 saturated heterocycles. The van der Waals surface area contributed by atoms with Crippen molar-refractivity contribution in [1.82, 2.24) is 19.5 Å². The molecular formula is C24H23N5O4S. The van der Waals surface area contributed by atoms with Gasteiger partial charge in [-0.1, -0.05) is 12.1 Å². The molecule has 0 aliphatic heterocycles. The lowest BCUT2D eigenvalue weighted by molar-refractivity contribution is 0.102. The number of aromatic amines is 2. The molecule has 2 aromatic carbocycles. The second-order valence-electron chi connectivity index (χ2n) is 7.76. The quantitative estimate of drug-likeness (QED) is 0.277. The maximum Gasteiger partial charge on any atom is 0.262 e. The average Bonchev–Trinajstić information content (AvgIpc) is 2.80. The van der Waals surface area contributed by atoms with Crippen LogP contribution in [-0.4, -0.2) is 39.1 Å². The van der Waals surface area contributed by atoms with Crippen LogP contribution in [0.3, 0.4) is 0 Å². The monoisotopic (exact) mass is 477 g/mol. The van der Waals surface area contributed by atoms with Crippen LogP contribution < -0.4 is 16.4 Å². The van der Waals surface area contributed by atoms with Gasteiger partial charge in [0.1, 0.15) is 5.82 Å². The molecule has 1 amide bonds. The highest BCUT2D eigenvalue weighted by molar-refractivity contribution is 7.71. The third-order valence-electron chi connectivity index (χ3n) is 5.24. The summed E-state index contributed by atoms with van der Waals surface area (Å²) in [5, 5.41) is 3.28. The number of hydrogen-bond acceptors (Lipinski definition) is 6. The fraction of sp³-hybridized carbons (Fsp3) is 0.208. The first kappa shape index (κ1) is 23.3. The fourth-order valence-electron chi connectivity index (χ4n) is 3.63. The minimum atomic E-state index is -0.353. The molecule has 0 spiro atoms. The zero-order valence-corrected chi connectivity index (χ0v) is 19.5. The Hall–Kier alpha value is -3.89. The summed E-state index contributed by atoms with van der Waals surface area (Å²) in [5.74, 6) is 0.0643. The van der Waals surface area contributed by atoms with Crippen LogP contribution >= 0.6 is 12.2 Å². The minimum absolute atomic E-state index is 0.214. The Morgan fingerprint density at radius 2 is 1.97 bits per heavy atom. The highest BCUT2D eigenvalue weighted by Gasteiger charge is 2.12. The van der Waals surface area contributed by atoms with Gasteiger partial charge in [-0.3, -0.25) is 19.0 Å². The second kappa shape index (κ2) is 9.94. The van der Waals surface area contributed by atoms with E-state index in [1.165, 1.54) is 10.6 Å². The molecule has 0 unspecified atom stereocenters. The summed E-state index contributed by atoms with van der Waals surface area (Å²) in [5.41, 5.74) is 2.18. The van der Waals surface area contributed by atoms with Crippen molar-refractivity contribution in [3.63, 3.8) is 0 Å². The Balaban J connectivity index is 1.60. The van der Waals surface area contributed by atoms with Gasteiger partial charge in [-0.05, 0) is 55.9 Å². The number of hydrogen-bond donors (Lipinski definition) is 3. The summed E-state index contributed by atoms with van der Waals surface area (Å²) in [7, 11) is 1.60. The van der Waals surface area contributed by atoms with Gasteiger partial charge in [0.2, 0.25) is 0 Å². The number of H-pyrrole nitrogens is 2.